The first kappa shape index (κ1) is 11.9. The van der Waals surface area contributed by atoms with Crippen molar-refractivity contribution in [3.63, 3.8) is 0 Å². The maximum Gasteiger partial charge on any atom is 0.330 e. The Labute approximate surface area is 79.5 Å². The number of rotatable bonds is 4. The van der Waals surface area contributed by atoms with Crippen LogP contribution in [0.1, 0.15) is 6.92 Å². The van der Waals surface area contributed by atoms with E-state index in [4.69, 9.17) is 10.2 Å². The minimum atomic E-state index is -1.27. The van der Waals surface area contributed by atoms with Crippen LogP contribution in [-0.2, 0) is 14.4 Å². The molecule has 0 heterocycles. The smallest absolute Gasteiger partial charge is 0.330 e. The quantitative estimate of drug-likeness (QED) is 0.427. The molecule has 0 rings (SSSR count). The second-order valence-electron chi connectivity index (χ2n) is 2.29. The third-order valence-corrected chi connectivity index (χ3v) is 1.00. The first-order valence-electron chi connectivity index (χ1n) is 3.55. The molecule has 1 amide bonds. The summed E-state index contributed by atoms with van der Waals surface area (Å²) in [6.45, 7) is 1.18. The molecule has 76 valence electrons. The fourth-order valence-electron chi connectivity index (χ4n) is 0.623. The van der Waals surface area contributed by atoms with Gasteiger partial charge in [0.1, 0.15) is 0 Å². The third-order valence-electron chi connectivity index (χ3n) is 1.00. The highest BCUT2D eigenvalue weighted by molar-refractivity contribution is 5.85. The summed E-state index contributed by atoms with van der Waals surface area (Å²) in [6, 6.07) is 0. The number of allylic oxidation sites excluding steroid dienone is 1. The van der Waals surface area contributed by atoms with Gasteiger partial charge in [0.2, 0.25) is 5.91 Å². The zero-order valence-electron chi connectivity index (χ0n) is 7.35. The van der Waals surface area contributed by atoms with Crippen LogP contribution in [0, 0.1) is 0 Å². The zero-order valence-corrected chi connectivity index (χ0v) is 7.35. The highest BCUT2D eigenvalue weighted by atomic mass is 16.4. The summed E-state index contributed by atoms with van der Waals surface area (Å²) in [5, 5.41) is 18.8. The van der Waals surface area contributed by atoms with Crippen molar-refractivity contribution in [3.05, 3.63) is 23.9 Å². The van der Waals surface area contributed by atoms with E-state index in [0.29, 0.717) is 6.08 Å². The molecule has 0 aliphatic carbocycles. The highest BCUT2D eigenvalue weighted by Gasteiger charge is 1.99. The molecular formula is C8H9NO5. The second kappa shape index (κ2) is 5.52. The molecule has 3 N–H and O–H groups in total. The molecular weight excluding hydrogens is 190 g/mol. The van der Waals surface area contributed by atoms with Crippen molar-refractivity contribution < 1.29 is 24.6 Å². The summed E-state index contributed by atoms with van der Waals surface area (Å²) in [6.07, 6.45) is 2.41. The van der Waals surface area contributed by atoms with Gasteiger partial charge in [-0.25, -0.2) is 9.59 Å². The van der Waals surface area contributed by atoms with Gasteiger partial charge in [0.05, 0.1) is 0 Å². The molecule has 0 fully saturated rings. The maximum atomic E-state index is 10.6. The minimum absolute atomic E-state index is 0.0904. The van der Waals surface area contributed by atoms with Crippen LogP contribution in [0.4, 0.5) is 0 Å². The van der Waals surface area contributed by atoms with Crippen LogP contribution in [0.15, 0.2) is 23.9 Å². The summed E-state index contributed by atoms with van der Waals surface area (Å²) < 4.78 is 0. The number of nitrogens with one attached hydrogen (secondary N) is 1. The van der Waals surface area contributed by atoms with E-state index < -0.39 is 17.8 Å². The van der Waals surface area contributed by atoms with Crippen LogP contribution in [-0.4, -0.2) is 28.1 Å². The van der Waals surface area contributed by atoms with Crippen molar-refractivity contribution >= 4 is 17.8 Å². The summed E-state index contributed by atoms with van der Waals surface area (Å²) >= 11 is 0. The maximum absolute atomic E-state index is 10.6. The average molecular weight is 199 g/mol. The SMILES string of the molecule is CC(=O)NC(=C\C(=O)O)/C=C/C(=O)O. The first-order valence-corrected chi connectivity index (χ1v) is 3.55. The van der Waals surface area contributed by atoms with Gasteiger partial charge in [-0.3, -0.25) is 4.79 Å². The van der Waals surface area contributed by atoms with Crippen molar-refractivity contribution in [1.29, 1.82) is 0 Å². The lowest BCUT2D eigenvalue weighted by Gasteiger charge is -1.99. The molecule has 0 aromatic heterocycles. The largest absolute Gasteiger partial charge is 0.478 e. The topological polar surface area (TPSA) is 104 Å². The molecule has 0 aromatic carbocycles. The number of amides is 1. The monoisotopic (exact) mass is 199 g/mol. The molecule has 0 atom stereocenters. The van der Waals surface area contributed by atoms with Crippen molar-refractivity contribution in [2.45, 2.75) is 6.92 Å². The van der Waals surface area contributed by atoms with E-state index >= 15 is 0 Å². The fraction of sp³-hybridized carbons (Fsp3) is 0.125. The number of carboxylic acids is 2. The van der Waals surface area contributed by atoms with E-state index in [1.165, 1.54) is 6.92 Å². The van der Waals surface area contributed by atoms with Gasteiger partial charge in [0.15, 0.2) is 0 Å². The lowest BCUT2D eigenvalue weighted by atomic mass is 10.3. The van der Waals surface area contributed by atoms with E-state index in [1.807, 2.05) is 0 Å². The number of carbonyl (C=O) groups is 3. The summed E-state index contributed by atoms with van der Waals surface area (Å²) in [5.74, 6) is -2.98. The first-order chi connectivity index (χ1) is 6.41. The Kier molecular flexibility index (Phi) is 4.69. The predicted octanol–water partition coefficient (Wildman–Crippen LogP) is -0.268. The fourth-order valence-corrected chi connectivity index (χ4v) is 0.623. The molecule has 0 saturated carbocycles. The molecule has 6 nitrogen and oxygen atoms in total. The van der Waals surface area contributed by atoms with Crippen LogP contribution in [0.3, 0.4) is 0 Å². The predicted molar refractivity (Wildman–Crippen MR) is 46.3 cm³/mol. The van der Waals surface area contributed by atoms with Crippen LogP contribution < -0.4 is 5.32 Å². The lowest BCUT2D eigenvalue weighted by Crippen LogP contribution is -2.19. The van der Waals surface area contributed by atoms with Crippen LogP contribution >= 0.6 is 0 Å². The van der Waals surface area contributed by atoms with Crippen LogP contribution in [0.5, 0.6) is 0 Å². The van der Waals surface area contributed by atoms with Gasteiger partial charge in [0, 0.05) is 24.8 Å². The van der Waals surface area contributed by atoms with Gasteiger partial charge in [0.25, 0.3) is 0 Å². The van der Waals surface area contributed by atoms with Gasteiger partial charge in [-0.2, -0.15) is 0 Å². The number of hydrogen-bond acceptors (Lipinski definition) is 3. The molecule has 0 aliphatic heterocycles. The van der Waals surface area contributed by atoms with Gasteiger partial charge in [-0.05, 0) is 6.08 Å². The standard InChI is InChI=1S/C8H9NO5/c1-5(10)9-6(4-8(13)14)2-3-7(11)12/h2-4H,1H3,(H,9,10)(H,11,12)(H,13,14)/b3-2+,6-4-. The van der Waals surface area contributed by atoms with E-state index in [1.54, 1.807) is 0 Å². The Bertz CT molecular complexity index is 316. The number of carboxylic acid groups (broad SMARTS) is 2. The normalized spacial score (nSPS) is 11.4. The van der Waals surface area contributed by atoms with Gasteiger partial charge in [-0.1, -0.05) is 0 Å². The Balaban J connectivity index is 4.64. The number of hydrogen-bond donors (Lipinski definition) is 3. The summed E-state index contributed by atoms with van der Waals surface area (Å²) in [5.41, 5.74) is -0.0904. The Hall–Kier alpha value is -2.11. The van der Waals surface area contributed by atoms with Crippen molar-refractivity contribution in [1.82, 2.24) is 5.32 Å². The average Bonchev–Trinajstić information content (AvgIpc) is 1.97. The minimum Gasteiger partial charge on any atom is -0.478 e. The molecule has 0 aromatic rings. The van der Waals surface area contributed by atoms with Gasteiger partial charge in [-0.15, -0.1) is 0 Å². The van der Waals surface area contributed by atoms with E-state index in [0.717, 1.165) is 12.2 Å². The second-order valence-corrected chi connectivity index (χ2v) is 2.29. The van der Waals surface area contributed by atoms with Crippen molar-refractivity contribution in [2.75, 3.05) is 0 Å². The molecule has 0 saturated heterocycles. The van der Waals surface area contributed by atoms with Gasteiger partial charge < -0.3 is 15.5 Å². The van der Waals surface area contributed by atoms with Crippen molar-refractivity contribution in [3.8, 4) is 0 Å². The Morgan fingerprint density at radius 2 is 1.64 bits per heavy atom. The van der Waals surface area contributed by atoms with E-state index in [9.17, 15) is 14.4 Å². The molecule has 14 heavy (non-hydrogen) atoms. The third kappa shape index (κ3) is 6.59. The Morgan fingerprint density at radius 1 is 1.07 bits per heavy atom. The molecule has 0 bridgehead atoms. The number of carbonyl (C=O) groups excluding carboxylic acids is 1. The molecule has 0 aliphatic rings. The number of aliphatic carboxylic acids is 2. The summed E-state index contributed by atoms with van der Waals surface area (Å²) in [4.78, 5) is 30.9. The summed E-state index contributed by atoms with van der Waals surface area (Å²) in [7, 11) is 0. The molecule has 0 radical (unpaired) electrons. The van der Waals surface area contributed by atoms with Crippen LogP contribution in [0.25, 0.3) is 0 Å². The van der Waals surface area contributed by atoms with E-state index in [2.05, 4.69) is 5.32 Å². The zero-order chi connectivity index (χ0) is 11.1. The Morgan fingerprint density at radius 3 is 2.00 bits per heavy atom. The molecule has 0 spiro atoms. The highest BCUT2D eigenvalue weighted by Crippen LogP contribution is 1.92. The van der Waals surface area contributed by atoms with E-state index in [-0.39, 0.29) is 5.70 Å². The lowest BCUT2D eigenvalue weighted by molar-refractivity contribution is -0.132. The molecule has 6 heteroatoms. The van der Waals surface area contributed by atoms with Crippen molar-refractivity contribution in [2.24, 2.45) is 0 Å². The van der Waals surface area contributed by atoms with Gasteiger partial charge >= 0.3 is 11.9 Å². The van der Waals surface area contributed by atoms with Crippen LogP contribution in [0.2, 0.25) is 0 Å². The molecule has 0 unspecified atom stereocenters.